The molecule has 0 aromatic carbocycles. The van der Waals surface area contributed by atoms with Gasteiger partial charge in [-0.2, -0.15) is 5.10 Å². The molecule has 2 aromatic heterocycles. The number of amides is 1. The normalized spacial score (nSPS) is 12.0. The van der Waals surface area contributed by atoms with Crippen LogP contribution in [0.15, 0.2) is 24.3 Å². The van der Waals surface area contributed by atoms with Gasteiger partial charge in [0.25, 0.3) is 0 Å². The Hall–Kier alpha value is -1.88. The molecule has 0 fully saturated rings. The Balaban J connectivity index is 1.98. The molecular formula is C15H19N3OS. The standard InChI is InChI=1S/C15H19N3OS/c1-10-5-6-11(20-10)7-8-14(19)16-13-9-12(17-18-13)15(2,3)4/h5-9H,1-4H3,(H2,16,17,18,19)/b8-7+. The van der Waals surface area contributed by atoms with Crippen molar-refractivity contribution in [3.05, 3.63) is 39.7 Å². The van der Waals surface area contributed by atoms with Crippen molar-refractivity contribution in [3.8, 4) is 0 Å². The number of H-pyrrole nitrogens is 1. The number of nitrogens with one attached hydrogen (secondary N) is 2. The van der Waals surface area contributed by atoms with Gasteiger partial charge in [-0.3, -0.25) is 9.89 Å². The Morgan fingerprint density at radius 2 is 2.15 bits per heavy atom. The maximum absolute atomic E-state index is 11.8. The summed E-state index contributed by atoms with van der Waals surface area (Å²) in [7, 11) is 0. The van der Waals surface area contributed by atoms with Crippen molar-refractivity contribution in [2.75, 3.05) is 5.32 Å². The average molecular weight is 289 g/mol. The zero-order chi connectivity index (χ0) is 14.8. The highest BCUT2D eigenvalue weighted by Gasteiger charge is 2.16. The lowest BCUT2D eigenvalue weighted by molar-refractivity contribution is -0.111. The maximum atomic E-state index is 11.8. The molecule has 0 saturated carbocycles. The maximum Gasteiger partial charge on any atom is 0.249 e. The van der Waals surface area contributed by atoms with Gasteiger partial charge in [0, 0.05) is 33.0 Å². The van der Waals surface area contributed by atoms with Crippen molar-refractivity contribution in [1.29, 1.82) is 0 Å². The summed E-state index contributed by atoms with van der Waals surface area (Å²) in [6.07, 6.45) is 3.33. The van der Waals surface area contributed by atoms with Crippen LogP contribution in [-0.4, -0.2) is 16.1 Å². The predicted octanol–water partition coefficient (Wildman–Crippen LogP) is 3.73. The minimum absolute atomic E-state index is 0.0136. The first-order valence-corrected chi connectivity index (χ1v) is 7.27. The number of hydrogen-bond acceptors (Lipinski definition) is 3. The second kappa shape index (κ2) is 5.63. The molecule has 0 aliphatic carbocycles. The first kappa shape index (κ1) is 14.5. The average Bonchev–Trinajstić information content (AvgIpc) is 2.95. The van der Waals surface area contributed by atoms with E-state index in [9.17, 15) is 4.79 Å². The van der Waals surface area contributed by atoms with Gasteiger partial charge in [-0.05, 0) is 25.1 Å². The van der Waals surface area contributed by atoms with Crippen LogP contribution >= 0.6 is 11.3 Å². The topological polar surface area (TPSA) is 57.8 Å². The van der Waals surface area contributed by atoms with Crippen LogP contribution in [0.2, 0.25) is 0 Å². The van der Waals surface area contributed by atoms with Crippen molar-refractivity contribution in [1.82, 2.24) is 10.2 Å². The fraction of sp³-hybridized carbons (Fsp3) is 0.333. The van der Waals surface area contributed by atoms with E-state index in [2.05, 4.69) is 36.3 Å². The molecule has 0 aliphatic heterocycles. The van der Waals surface area contributed by atoms with Gasteiger partial charge in [0.1, 0.15) is 0 Å². The number of nitrogens with zero attached hydrogens (tertiary/aromatic N) is 1. The highest BCUT2D eigenvalue weighted by molar-refractivity contribution is 7.12. The molecule has 2 heterocycles. The van der Waals surface area contributed by atoms with Crippen LogP contribution in [0.4, 0.5) is 5.82 Å². The number of aromatic amines is 1. The molecule has 4 nitrogen and oxygen atoms in total. The van der Waals surface area contributed by atoms with Crippen LogP contribution in [0.1, 0.15) is 36.2 Å². The first-order valence-electron chi connectivity index (χ1n) is 6.46. The number of carbonyl (C=O) groups excluding carboxylic acids is 1. The van der Waals surface area contributed by atoms with Crippen molar-refractivity contribution >= 4 is 29.1 Å². The van der Waals surface area contributed by atoms with Crippen LogP contribution in [-0.2, 0) is 10.2 Å². The van der Waals surface area contributed by atoms with Crippen molar-refractivity contribution in [2.45, 2.75) is 33.1 Å². The lowest BCUT2D eigenvalue weighted by Crippen LogP contribution is -2.11. The molecule has 1 amide bonds. The minimum Gasteiger partial charge on any atom is -0.306 e. The summed E-state index contributed by atoms with van der Waals surface area (Å²) in [5.74, 6) is 0.370. The zero-order valence-electron chi connectivity index (χ0n) is 12.2. The quantitative estimate of drug-likeness (QED) is 0.846. The Labute approximate surface area is 122 Å². The molecule has 0 unspecified atom stereocenters. The molecule has 20 heavy (non-hydrogen) atoms. The molecule has 0 aliphatic rings. The predicted molar refractivity (Wildman–Crippen MR) is 84.0 cm³/mol. The first-order chi connectivity index (χ1) is 9.34. The molecule has 0 saturated heterocycles. The van der Waals surface area contributed by atoms with Crippen LogP contribution in [0.5, 0.6) is 0 Å². The summed E-state index contributed by atoms with van der Waals surface area (Å²) in [4.78, 5) is 14.1. The smallest absolute Gasteiger partial charge is 0.249 e. The van der Waals surface area contributed by atoms with E-state index in [0.29, 0.717) is 5.82 Å². The highest BCUT2D eigenvalue weighted by atomic mass is 32.1. The summed E-state index contributed by atoms with van der Waals surface area (Å²) in [5, 5.41) is 9.78. The van der Waals surface area contributed by atoms with Gasteiger partial charge in [-0.15, -0.1) is 11.3 Å². The van der Waals surface area contributed by atoms with Crippen molar-refractivity contribution < 1.29 is 4.79 Å². The lowest BCUT2D eigenvalue weighted by atomic mass is 9.92. The minimum atomic E-state index is -0.178. The van der Waals surface area contributed by atoms with Gasteiger partial charge in [-0.1, -0.05) is 20.8 Å². The second-order valence-corrected chi connectivity index (χ2v) is 7.01. The number of rotatable bonds is 3. The third-order valence-corrected chi connectivity index (χ3v) is 3.76. The van der Waals surface area contributed by atoms with E-state index >= 15 is 0 Å². The van der Waals surface area contributed by atoms with Crippen LogP contribution < -0.4 is 5.32 Å². The molecule has 0 spiro atoms. The largest absolute Gasteiger partial charge is 0.306 e. The fourth-order valence-corrected chi connectivity index (χ4v) is 2.42. The van der Waals surface area contributed by atoms with E-state index in [4.69, 9.17) is 0 Å². The molecule has 2 rings (SSSR count). The van der Waals surface area contributed by atoms with Gasteiger partial charge in [-0.25, -0.2) is 0 Å². The van der Waals surface area contributed by atoms with E-state index in [0.717, 1.165) is 10.6 Å². The van der Waals surface area contributed by atoms with Crippen LogP contribution in [0.25, 0.3) is 6.08 Å². The molecule has 2 N–H and O–H groups in total. The molecule has 2 aromatic rings. The third kappa shape index (κ3) is 3.81. The summed E-state index contributed by atoms with van der Waals surface area (Å²) >= 11 is 1.65. The van der Waals surface area contributed by atoms with Gasteiger partial charge < -0.3 is 5.32 Å². The fourth-order valence-electron chi connectivity index (χ4n) is 1.64. The summed E-state index contributed by atoms with van der Waals surface area (Å²) in [6.45, 7) is 8.31. The van der Waals surface area contributed by atoms with Gasteiger partial charge >= 0.3 is 0 Å². The highest BCUT2D eigenvalue weighted by Crippen LogP contribution is 2.22. The molecule has 0 radical (unpaired) electrons. The van der Waals surface area contributed by atoms with Crippen LogP contribution in [0.3, 0.4) is 0 Å². The number of aryl methyl sites for hydroxylation is 1. The SMILES string of the molecule is Cc1ccc(/C=C/C(=O)Nc2cc(C(C)(C)C)[nH]n2)s1. The van der Waals surface area contributed by atoms with Crippen molar-refractivity contribution in [3.63, 3.8) is 0 Å². The lowest BCUT2D eigenvalue weighted by Gasteiger charge is -2.14. The van der Waals surface area contributed by atoms with Gasteiger partial charge in [0.15, 0.2) is 5.82 Å². The molecule has 5 heteroatoms. The van der Waals surface area contributed by atoms with Gasteiger partial charge in [0.2, 0.25) is 5.91 Å². The Morgan fingerprint density at radius 1 is 1.40 bits per heavy atom. The van der Waals surface area contributed by atoms with Gasteiger partial charge in [0.05, 0.1) is 0 Å². The molecular weight excluding hydrogens is 270 g/mol. The molecule has 0 atom stereocenters. The van der Waals surface area contributed by atoms with Crippen LogP contribution in [0, 0.1) is 6.92 Å². The number of carbonyl (C=O) groups is 1. The van der Waals surface area contributed by atoms with E-state index < -0.39 is 0 Å². The molecule has 0 bridgehead atoms. The Kier molecular flexibility index (Phi) is 4.09. The number of anilines is 1. The number of aromatic nitrogens is 2. The third-order valence-electron chi connectivity index (χ3n) is 2.80. The number of hydrogen-bond donors (Lipinski definition) is 2. The Morgan fingerprint density at radius 3 is 2.70 bits per heavy atom. The van der Waals surface area contributed by atoms with E-state index in [1.165, 1.54) is 11.0 Å². The Bertz CT molecular complexity index is 632. The summed E-state index contributed by atoms with van der Waals surface area (Å²) < 4.78 is 0. The van der Waals surface area contributed by atoms with E-state index in [1.807, 2.05) is 31.2 Å². The van der Waals surface area contributed by atoms with E-state index in [-0.39, 0.29) is 11.3 Å². The molecule has 106 valence electrons. The summed E-state index contributed by atoms with van der Waals surface area (Å²) in [6, 6.07) is 5.89. The number of thiophene rings is 1. The summed E-state index contributed by atoms with van der Waals surface area (Å²) in [5.41, 5.74) is 0.978. The van der Waals surface area contributed by atoms with Crippen molar-refractivity contribution in [2.24, 2.45) is 0 Å². The van der Waals surface area contributed by atoms with E-state index in [1.54, 1.807) is 11.3 Å². The zero-order valence-corrected chi connectivity index (χ0v) is 13.0. The second-order valence-electron chi connectivity index (χ2n) is 5.69. The monoisotopic (exact) mass is 289 g/mol.